The van der Waals surface area contributed by atoms with Gasteiger partial charge in [-0.1, -0.05) is 18.2 Å². The van der Waals surface area contributed by atoms with Gasteiger partial charge in [0.15, 0.2) is 0 Å². The Bertz CT molecular complexity index is 805. The molecule has 1 amide bonds. The van der Waals surface area contributed by atoms with E-state index < -0.39 is 5.60 Å². The third-order valence-corrected chi connectivity index (χ3v) is 6.38. The summed E-state index contributed by atoms with van der Waals surface area (Å²) in [5.74, 6) is -0.219. The first-order valence-corrected chi connectivity index (χ1v) is 11.0. The van der Waals surface area contributed by atoms with Crippen molar-refractivity contribution < 1.29 is 14.6 Å². The molecule has 0 radical (unpaired) electrons. The molecular formula is C23H33N3O3. The van der Waals surface area contributed by atoms with E-state index in [0.717, 1.165) is 52.0 Å². The summed E-state index contributed by atoms with van der Waals surface area (Å²) in [6, 6.07) is 10.4. The van der Waals surface area contributed by atoms with Crippen LogP contribution in [-0.4, -0.2) is 65.0 Å². The van der Waals surface area contributed by atoms with Gasteiger partial charge >= 0.3 is 0 Å². The second-order valence-electron chi connectivity index (χ2n) is 8.50. The molecule has 2 aliphatic rings. The maximum Gasteiger partial charge on any atom is 0.252 e. The molecule has 0 bridgehead atoms. The number of fused-ring (bicyclic) bond motifs is 1. The van der Waals surface area contributed by atoms with Crippen molar-refractivity contribution in [2.75, 3.05) is 32.8 Å². The number of aryl methyl sites for hydroxylation is 1. The summed E-state index contributed by atoms with van der Waals surface area (Å²) < 4.78 is 8.03. The van der Waals surface area contributed by atoms with Crippen LogP contribution in [0.15, 0.2) is 36.5 Å². The van der Waals surface area contributed by atoms with Gasteiger partial charge in [0.2, 0.25) is 0 Å². The van der Waals surface area contributed by atoms with E-state index in [9.17, 15) is 9.90 Å². The van der Waals surface area contributed by atoms with Crippen molar-refractivity contribution in [1.82, 2.24) is 14.8 Å². The van der Waals surface area contributed by atoms with Crippen LogP contribution in [0.3, 0.4) is 0 Å². The van der Waals surface area contributed by atoms with Gasteiger partial charge in [-0.2, -0.15) is 0 Å². The lowest BCUT2D eigenvalue weighted by molar-refractivity contribution is -0.145. The second kappa shape index (κ2) is 9.28. The van der Waals surface area contributed by atoms with Crippen LogP contribution < -0.4 is 5.32 Å². The van der Waals surface area contributed by atoms with Gasteiger partial charge in [-0.15, -0.1) is 0 Å². The molecule has 1 aromatic heterocycles. The van der Waals surface area contributed by atoms with Crippen LogP contribution in [0, 0.1) is 0 Å². The lowest BCUT2D eigenvalue weighted by atomic mass is 9.90. The molecule has 1 atom stereocenters. The Labute approximate surface area is 172 Å². The van der Waals surface area contributed by atoms with Gasteiger partial charge in [-0.3, -0.25) is 4.79 Å². The number of carbonyl (C=O) groups is 1. The van der Waals surface area contributed by atoms with Gasteiger partial charge < -0.3 is 24.6 Å². The molecule has 0 aliphatic carbocycles. The highest BCUT2D eigenvalue weighted by molar-refractivity contribution is 5.85. The second-order valence-corrected chi connectivity index (χ2v) is 8.50. The molecule has 4 rings (SSSR count). The Morgan fingerprint density at radius 3 is 2.83 bits per heavy atom. The van der Waals surface area contributed by atoms with Crippen LogP contribution in [0.2, 0.25) is 0 Å². The minimum atomic E-state index is -1.23. The molecule has 0 spiro atoms. The van der Waals surface area contributed by atoms with E-state index in [1.54, 1.807) is 0 Å². The maximum atomic E-state index is 12.6. The van der Waals surface area contributed by atoms with Gasteiger partial charge in [0.05, 0.1) is 6.10 Å². The SMILES string of the molecule is O=C(NCCCn1ccc2ccccc21)C1(O)CCN(CC2CCCCO2)CC1. The summed E-state index contributed by atoms with van der Waals surface area (Å²) >= 11 is 0. The van der Waals surface area contributed by atoms with Crippen molar-refractivity contribution >= 4 is 16.8 Å². The minimum absolute atomic E-state index is 0.219. The lowest BCUT2D eigenvalue weighted by Gasteiger charge is -2.38. The number of ether oxygens (including phenoxy) is 1. The molecule has 1 aromatic carbocycles. The smallest absolute Gasteiger partial charge is 0.252 e. The Morgan fingerprint density at radius 2 is 2.03 bits per heavy atom. The van der Waals surface area contributed by atoms with Gasteiger partial charge in [0.1, 0.15) is 5.60 Å². The predicted octanol–water partition coefficient (Wildman–Crippen LogP) is 2.54. The standard InChI is InChI=1S/C23H33N3O3/c27-22(24-12-5-13-26-14-9-19-6-1-2-8-21(19)26)23(28)10-15-25(16-11-23)18-20-7-3-4-17-29-20/h1-2,6,8-9,14,20,28H,3-5,7,10-13,15-18H2,(H,24,27). The highest BCUT2D eigenvalue weighted by Crippen LogP contribution is 2.24. The molecule has 3 heterocycles. The van der Waals surface area contributed by atoms with Crippen LogP contribution >= 0.6 is 0 Å². The monoisotopic (exact) mass is 399 g/mol. The first kappa shape index (κ1) is 20.4. The number of rotatable bonds is 7. The van der Waals surface area contributed by atoms with Crippen molar-refractivity contribution in [1.29, 1.82) is 0 Å². The van der Waals surface area contributed by atoms with E-state index in [1.165, 1.54) is 17.3 Å². The van der Waals surface area contributed by atoms with Crippen LogP contribution in [-0.2, 0) is 16.1 Å². The largest absolute Gasteiger partial charge is 0.380 e. The van der Waals surface area contributed by atoms with Gasteiger partial charge in [0, 0.05) is 51.0 Å². The van der Waals surface area contributed by atoms with E-state index in [0.29, 0.717) is 25.5 Å². The summed E-state index contributed by atoms with van der Waals surface area (Å²) in [6.07, 6.45) is 7.76. The summed E-state index contributed by atoms with van der Waals surface area (Å²) in [7, 11) is 0. The average molecular weight is 400 g/mol. The summed E-state index contributed by atoms with van der Waals surface area (Å²) in [5, 5.41) is 15.0. The molecule has 2 N–H and O–H groups in total. The fraction of sp³-hybridized carbons (Fsp3) is 0.609. The number of hydrogen-bond donors (Lipinski definition) is 2. The van der Waals surface area contributed by atoms with Gasteiger partial charge in [-0.05, 0) is 56.0 Å². The van der Waals surface area contributed by atoms with Crippen LogP contribution in [0.25, 0.3) is 10.9 Å². The fourth-order valence-corrected chi connectivity index (χ4v) is 4.52. The number of hydrogen-bond acceptors (Lipinski definition) is 4. The number of nitrogens with zero attached hydrogens (tertiary/aromatic N) is 2. The van der Waals surface area contributed by atoms with Crippen molar-refractivity contribution in [3.63, 3.8) is 0 Å². The minimum Gasteiger partial charge on any atom is -0.380 e. The highest BCUT2D eigenvalue weighted by Gasteiger charge is 2.39. The number of benzene rings is 1. The highest BCUT2D eigenvalue weighted by atomic mass is 16.5. The van der Waals surface area contributed by atoms with Crippen molar-refractivity contribution in [3.05, 3.63) is 36.5 Å². The zero-order valence-corrected chi connectivity index (χ0v) is 17.2. The molecular weight excluding hydrogens is 366 g/mol. The lowest BCUT2D eigenvalue weighted by Crippen LogP contribution is -2.55. The summed E-state index contributed by atoms with van der Waals surface area (Å²) in [6.45, 7) is 4.71. The zero-order valence-electron chi connectivity index (χ0n) is 17.2. The molecule has 1 unspecified atom stereocenters. The quantitative estimate of drug-likeness (QED) is 0.702. The number of nitrogens with one attached hydrogen (secondary N) is 1. The molecule has 2 aromatic rings. The van der Waals surface area contributed by atoms with Crippen molar-refractivity contribution in [2.24, 2.45) is 0 Å². The van der Waals surface area contributed by atoms with Crippen molar-refractivity contribution in [2.45, 2.75) is 56.8 Å². The van der Waals surface area contributed by atoms with Gasteiger partial charge in [0.25, 0.3) is 5.91 Å². The topological polar surface area (TPSA) is 66.7 Å². The van der Waals surface area contributed by atoms with E-state index in [2.05, 4.69) is 39.2 Å². The molecule has 2 fully saturated rings. The Balaban J connectivity index is 1.18. The molecule has 158 valence electrons. The number of para-hydroxylation sites is 1. The maximum absolute atomic E-state index is 12.6. The van der Waals surface area contributed by atoms with Crippen LogP contribution in [0.1, 0.15) is 38.5 Å². The number of aliphatic hydroxyl groups is 1. The number of aromatic nitrogens is 1. The normalized spacial score (nSPS) is 22.6. The summed E-state index contributed by atoms with van der Waals surface area (Å²) in [5.41, 5.74) is -0.0175. The van der Waals surface area contributed by atoms with E-state index >= 15 is 0 Å². The van der Waals surface area contributed by atoms with Crippen molar-refractivity contribution in [3.8, 4) is 0 Å². The predicted molar refractivity (Wildman–Crippen MR) is 114 cm³/mol. The molecule has 2 aliphatic heterocycles. The van der Waals surface area contributed by atoms with E-state index in [1.807, 2.05) is 12.1 Å². The first-order chi connectivity index (χ1) is 14.1. The molecule has 29 heavy (non-hydrogen) atoms. The molecule has 6 nitrogen and oxygen atoms in total. The number of amides is 1. The molecule has 2 saturated heterocycles. The first-order valence-electron chi connectivity index (χ1n) is 11.0. The Hall–Kier alpha value is -1.89. The fourth-order valence-electron chi connectivity index (χ4n) is 4.52. The number of carbonyl (C=O) groups excluding carboxylic acids is 1. The Kier molecular flexibility index (Phi) is 6.53. The molecule has 6 heteroatoms. The summed E-state index contributed by atoms with van der Waals surface area (Å²) in [4.78, 5) is 14.9. The number of likely N-dealkylation sites (tertiary alicyclic amines) is 1. The number of piperidine rings is 1. The third-order valence-electron chi connectivity index (χ3n) is 6.38. The third kappa shape index (κ3) is 5.00. The Morgan fingerprint density at radius 1 is 1.21 bits per heavy atom. The zero-order chi connectivity index (χ0) is 20.1. The van der Waals surface area contributed by atoms with E-state index in [4.69, 9.17) is 4.74 Å². The van der Waals surface area contributed by atoms with Crippen LogP contribution in [0.4, 0.5) is 0 Å². The van der Waals surface area contributed by atoms with Crippen LogP contribution in [0.5, 0.6) is 0 Å². The average Bonchev–Trinajstić information content (AvgIpc) is 3.17. The van der Waals surface area contributed by atoms with E-state index in [-0.39, 0.29) is 5.91 Å². The van der Waals surface area contributed by atoms with Gasteiger partial charge in [-0.25, -0.2) is 0 Å². The molecule has 0 saturated carbocycles.